The van der Waals surface area contributed by atoms with Gasteiger partial charge in [-0.25, -0.2) is 4.98 Å². The van der Waals surface area contributed by atoms with E-state index in [4.69, 9.17) is 0 Å². The number of para-hydroxylation sites is 1. The summed E-state index contributed by atoms with van der Waals surface area (Å²) in [6.45, 7) is 1.76. The third-order valence-electron chi connectivity index (χ3n) is 2.94. The molecule has 0 saturated carbocycles. The summed E-state index contributed by atoms with van der Waals surface area (Å²) in [6, 6.07) is 10.9. The van der Waals surface area contributed by atoms with Gasteiger partial charge in [0, 0.05) is 12.4 Å². The first-order chi connectivity index (χ1) is 9.75. The van der Waals surface area contributed by atoms with Crippen LogP contribution in [0.3, 0.4) is 0 Å². The van der Waals surface area contributed by atoms with Gasteiger partial charge in [-0.1, -0.05) is 12.1 Å². The minimum atomic E-state index is -0.168. The predicted molar refractivity (Wildman–Crippen MR) is 78.0 cm³/mol. The molecule has 2 heterocycles. The van der Waals surface area contributed by atoms with Crippen molar-refractivity contribution in [3.05, 3.63) is 70.5 Å². The second-order valence-electron chi connectivity index (χ2n) is 4.32. The molecule has 0 spiro atoms. The monoisotopic (exact) mass is 264 g/mol. The molecule has 98 valence electrons. The Morgan fingerprint density at radius 2 is 1.90 bits per heavy atom. The smallest absolute Gasteiger partial charge is 0.267 e. The number of rotatable bonds is 2. The van der Waals surface area contributed by atoms with Crippen molar-refractivity contribution < 1.29 is 0 Å². The fourth-order valence-electron chi connectivity index (χ4n) is 1.94. The standard InChI is InChI=1S/C15H12N4O/c1-11-18-14-5-3-2-4-13(14)15(20)19(11)17-10-12-6-8-16-9-7-12/h2-10H,1H3/b17-10-. The Morgan fingerprint density at radius 3 is 2.70 bits per heavy atom. The van der Waals surface area contributed by atoms with E-state index in [9.17, 15) is 4.79 Å². The van der Waals surface area contributed by atoms with Crippen molar-refractivity contribution in [1.82, 2.24) is 14.6 Å². The largest absolute Gasteiger partial charge is 0.282 e. The summed E-state index contributed by atoms with van der Waals surface area (Å²) in [5.41, 5.74) is 1.39. The molecule has 3 rings (SSSR count). The van der Waals surface area contributed by atoms with Gasteiger partial charge in [0.15, 0.2) is 0 Å². The van der Waals surface area contributed by atoms with Gasteiger partial charge in [-0.05, 0) is 36.8 Å². The molecule has 0 aliphatic carbocycles. The molecule has 5 nitrogen and oxygen atoms in total. The number of benzene rings is 1. The summed E-state index contributed by atoms with van der Waals surface area (Å²) in [5.74, 6) is 0.555. The topological polar surface area (TPSA) is 60.1 Å². The minimum absolute atomic E-state index is 0.168. The molecule has 0 aliphatic rings. The average molecular weight is 264 g/mol. The van der Waals surface area contributed by atoms with Crippen LogP contribution in [-0.4, -0.2) is 20.9 Å². The normalized spacial score (nSPS) is 11.2. The number of pyridine rings is 1. The Labute approximate surface area is 115 Å². The van der Waals surface area contributed by atoms with Crippen LogP contribution in [0.4, 0.5) is 0 Å². The maximum Gasteiger partial charge on any atom is 0.282 e. The molecule has 0 radical (unpaired) electrons. The first-order valence-corrected chi connectivity index (χ1v) is 6.18. The SMILES string of the molecule is Cc1nc2ccccc2c(=O)n1/N=C\c1ccncc1. The highest BCUT2D eigenvalue weighted by atomic mass is 16.1. The molecule has 0 N–H and O–H groups in total. The van der Waals surface area contributed by atoms with Crippen molar-refractivity contribution in [2.24, 2.45) is 5.10 Å². The Balaban J connectivity index is 2.13. The van der Waals surface area contributed by atoms with Crippen LogP contribution in [0.1, 0.15) is 11.4 Å². The number of aryl methyl sites for hydroxylation is 1. The summed E-state index contributed by atoms with van der Waals surface area (Å²) in [7, 11) is 0. The lowest BCUT2D eigenvalue weighted by atomic mass is 10.2. The molecule has 0 saturated heterocycles. The molecule has 3 aromatic rings. The molecule has 0 bridgehead atoms. The van der Waals surface area contributed by atoms with Crippen molar-refractivity contribution in [3.8, 4) is 0 Å². The zero-order valence-corrected chi connectivity index (χ0v) is 10.9. The third-order valence-corrected chi connectivity index (χ3v) is 2.94. The fourth-order valence-corrected chi connectivity index (χ4v) is 1.94. The Kier molecular flexibility index (Phi) is 3.09. The highest BCUT2D eigenvalue weighted by Crippen LogP contribution is 2.07. The zero-order chi connectivity index (χ0) is 13.9. The van der Waals surface area contributed by atoms with Crippen LogP contribution in [0, 0.1) is 6.92 Å². The Hall–Kier alpha value is -2.82. The quantitative estimate of drug-likeness (QED) is 0.665. The van der Waals surface area contributed by atoms with Crippen molar-refractivity contribution in [1.29, 1.82) is 0 Å². The maximum atomic E-state index is 12.4. The summed E-state index contributed by atoms with van der Waals surface area (Å²) >= 11 is 0. The molecule has 0 atom stereocenters. The molecule has 5 heteroatoms. The Morgan fingerprint density at radius 1 is 1.15 bits per heavy atom. The second kappa shape index (κ2) is 5.05. The van der Waals surface area contributed by atoms with Gasteiger partial charge in [-0.15, -0.1) is 0 Å². The molecular formula is C15H12N4O. The number of hydrogen-bond acceptors (Lipinski definition) is 4. The maximum absolute atomic E-state index is 12.4. The summed E-state index contributed by atoms with van der Waals surface area (Å²) in [6.07, 6.45) is 4.97. The molecule has 20 heavy (non-hydrogen) atoms. The zero-order valence-electron chi connectivity index (χ0n) is 10.9. The van der Waals surface area contributed by atoms with Gasteiger partial charge < -0.3 is 0 Å². The van der Waals surface area contributed by atoms with Gasteiger partial charge in [-0.3, -0.25) is 9.78 Å². The lowest BCUT2D eigenvalue weighted by Crippen LogP contribution is -2.20. The van der Waals surface area contributed by atoms with E-state index < -0.39 is 0 Å². The van der Waals surface area contributed by atoms with Gasteiger partial charge >= 0.3 is 0 Å². The van der Waals surface area contributed by atoms with Crippen LogP contribution in [0.5, 0.6) is 0 Å². The van der Waals surface area contributed by atoms with Crippen molar-refractivity contribution in [2.75, 3.05) is 0 Å². The van der Waals surface area contributed by atoms with Crippen LogP contribution in [0.25, 0.3) is 10.9 Å². The van der Waals surface area contributed by atoms with E-state index in [1.165, 1.54) is 4.68 Å². The third kappa shape index (κ3) is 2.21. The molecular weight excluding hydrogens is 252 g/mol. The van der Waals surface area contributed by atoms with Gasteiger partial charge in [0.05, 0.1) is 17.1 Å². The van der Waals surface area contributed by atoms with Gasteiger partial charge in [-0.2, -0.15) is 9.78 Å². The number of hydrogen-bond donors (Lipinski definition) is 0. The van der Waals surface area contributed by atoms with E-state index in [0.717, 1.165) is 5.56 Å². The predicted octanol–water partition coefficient (Wildman–Crippen LogP) is 1.98. The number of fused-ring (bicyclic) bond motifs is 1. The molecule has 0 fully saturated rings. The van der Waals surface area contributed by atoms with Crippen LogP contribution < -0.4 is 5.56 Å². The van der Waals surface area contributed by atoms with E-state index >= 15 is 0 Å². The van der Waals surface area contributed by atoms with Crippen molar-refractivity contribution in [2.45, 2.75) is 6.92 Å². The Bertz CT molecular complexity index is 837. The van der Waals surface area contributed by atoms with Crippen molar-refractivity contribution >= 4 is 17.1 Å². The summed E-state index contributed by atoms with van der Waals surface area (Å²) in [5, 5.41) is 4.77. The molecule has 0 unspecified atom stereocenters. The van der Waals surface area contributed by atoms with Crippen LogP contribution in [0.2, 0.25) is 0 Å². The van der Waals surface area contributed by atoms with Gasteiger partial charge in [0.25, 0.3) is 5.56 Å². The molecule has 0 aliphatic heterocycles. The molecule has 2 aromatic heterocycles. The second-order valence-corrected chi connectivity index (χ2v) is 4.32. The van der Waals surface area contributed by atoms with Gasteiger partial charge in [0.1, 0.15) is 5.82 Å². The summed E-state index contributed by atoms with van der Waals surface area (Å²) in [4.78, 5) is 20.7. The minimum Gasteiger partial charge on any atom is -0.267 e. The summed E-state index contributed by atoms with van der Waals surface area (Å²) < 4.78 is 1.31. The highest BCUT2D eigenvalue weighted by molar-refractivity contribution is 5.80. The first kappa shape index (κ1) is 12.2. The van der Waals surface area contributed by atoms with E-state index in [-0.39, 0.29) is 5.56 Å². The van der Waals surface area contributed by atoms with Crippen LogP contribution >= 0.6 is 0 Å². The van der Waals surface area contributed by atoms with Crippen LogP contribution in [0.15, 0.2) is 58.7 Å². The lowest BCUT2D eigenvalue weighted by molar-refractivity contribution is 0.771. The first-order valence-electron chi connectivity index (χ1n) is 6.18. The van der Waals surface area contributed by atoms with E-state index in [1.807, 2.05) is 30.3 Å². The lowest BCUT2D eigenvalue weighted by Gasteiger charge is -2.04. The number of nitrogens with zero attached hydrogens (tertiary/aromatic N) is 4. The highest BCUT2D eigenvalue weighted by Gasteiger charge is 2.05. The van der Waals surface area contributed by atoms with Crippen molar-refractivity contribution in [3.63, 3.8) is 0 Å². The number of aromatic nitrogens is 3. The van der Waals surface area contributed by atoms with Crippen LogP contribution in [-0.2, 0) is 0 Å². The van der Waals surface area contributed by atoms with E-state index in [1.54, 1.807) is 31.6 Å². The fraction of sp³-hybridized carbons (Fsp3) is 0.0667. The average Bonchev–Trinajstić information content (AvgIpc) is 2.48. The van der Waals surface area contributed by atoms with E-state index in [2.05, 4.69) is 15.1 Å². The molecule has 1 aromatic carbocycles. The van der Waals surface area contributed by atoms with E-state index in [0.29, 0.717) is 16.7 Å². The molecule has 0 amide bonds. The van der Waals surface area contributed by atoms with Gasteiger partial charge in [0.2, 0.25) is 0 Å².